The van der Waals surface area contributed by atoms with Crippen molar-refractivity contribution >= 4 is 29.2 Å². The molecule has 0 aliphatic carbocycles. The van der Waals surface area contributed by atoms with Crippen LogP contribution >= 0.6 is 23.2 Å². The van der Waals surface area contributed by atoms with E-state index in [0.717, 1.165) is 0 Å². The predicted molar refractivity (Wildman–Crippen MR) is 78.5 cm³/mol. The van der Waals surface area contributed by atoms with Gasteiger partial charge in [-0.2, -0.15) is 0 Å². The molecule has 0 unspecified atom stereocenters. The highest BCUT2D eigenvalue weighted by Crippen LogP contribution is 2.28. The van der Waals surface area contributed by atoms with Crippen LogP contribution in [0.1, 0.15) is 17.4 Å². The number of hydrogen-bond donors (Lipinski definition) is 1. The maximum atomic E-state index is 12.0. The molecule has 0 saturated carbocycles. The van der Waals surface area contributed by atoms with Crippen LogP contribution < -0.4 is 5.56 Å². The monoisotopic (exact) mass is 311 g/mol. The molecule has 0 aliphatic rings. The zero-order chi connectivity index (χ0) is 14.7. The molecule has 0 radical (unpaired) electrons. The number of aromatic amines is 1. The number of carbonyl (C=O) groups is 1. The van der Waals surface area contributed by atoms with Crippen LogP contribution in [0.4, 0.5) is 0 Å². The fourth-order valence-electron chi connectivity index (χ4n) is 1.72. The Balaban J connectivity index is 2.44. The van der Waals surface area contributed by atoms with Gasteiger partial charge in [-0.05, 0) is 31.2 Å². The highest BCUT2D eigenvalue weighted by molar-refractivity contribution is 6.36. The lowest BCUT2D eigenvalue weighted by Crippen LogP contribution is -2.16. The van der Waals surface area contributed by atoms with Crippen molar-refractivity contribution in [2.45, 2.75) is 6.92 Å². The number of pyridine rings is 1. The summed E-state index contributed by atoms with van der Waals surface area (Å²) in [6, 6.07) is 7.86. The van der Waals surface area contributed by atoms with Gasteiger partial charge in [0, 0.05) is 16.1 Å². The Hall–Kier alpha value is -1.78. The number of halogens is 2. The van der Waals surface area contributed by atoms with Crippen molar-refractivity contribution in [3.8, 4) is 11.1 Å². The van der Waals surface area contributed by atoms with E-state index in [1.807, 2.05) is 0 Å². The second kappa shape index (κ2) is 6.11. The molecule has 0 spiro atoms. The number of esters is 1. The molecule has 20 heavy (non-hydrogen) atoms. The number of benzene rings is 1. The van der Waals surface area contributed by atoms with Crippen LogP contribution in [-0.4, -0.2) is 17.6 Å². The summed E-state index contributed by atoms with van der Waals surface area (Å²) in [7, 11) is 0. The SMILES string of the molecule is CCOC(=O)c1ccc(-c2ccc(Cl)cc2Cl)c(=O)[nH]1. The Morgan fingerprint density at radius 1 is 1.20 bits per heavy atom. The van der Waals surface area contributed by atoms with Gasteiger partial charge in [-0.1, -0.05) is 29.3 Å². The molecule has 0 bridgehead atoms. The second-order valence-electron chi connectivity index (χ2n) is 3.96. The summed E-state index contributed by atoms with van der Waals surface area (Å²) in [5.74, 6) is -0.571. The van der Waals surface area contributed by atoms with E-state index in [1.54, 1.807) is 25.1 Å². The zero-order valence-corrected chi connectivity index (χ0v) is 12.1. The molecule has 0 aliphatic heterocycles. The molecular formula is C14H11Cl2NO3. The van der Waals surface area contributed by atoms with Gasteiger partial charge in [-0.15, -0.1) is 0 Å². The maximum absolute atomic E-state index is 12.0. The van der Waals surface area contributed by atoms with E-state index in [0.29, 0.717) is 21.2 Å². The first-order valence-electron chi connectivity index (χ1n) is 5.88. The number of rotatable bonds is 3. The van der Waals surface area contributed by atoms with Crippen molar-refractivity contribution in [1.82, 2.24) is 4.98 Å². The maximum Gasteiger partial charge on any atom is 0.354 e. The quantitative estimate of drug-likeness (QED) is 0.882. The highest BCUT2D eigenvalue weighted by atomic mass is 35.5. The minimum Gasteiger partial charge on any atom is -0.461 e. The van der Waals surface area contributed by atoms with E-state index in [1.165, 1.54) is 12.1 Å². The van der Waals surface area contributed by atoms with E-state index >= 15 is 0 Å². The Morgan fingerprint density at radius 3 is 2.50 bits per heavy atom. The number of carbonyl (C=O) groups excluding carboxylic acids is 1. The van der Waals surface area contributed by atoms with E-state index in [4.69, 9.17) is 27.9 Å². The third-order valence-electron chi connectivity index (χ3n) is 2.63. The number of hydrogen-bond acceptors (Lipinski definition) is 3. The van der Waals surface area contributed by atoms with Gasteiger partial charge in [0.15, 0.2) is 0 Å². The Labute approximate surface area is 125 Å². The van der Waals surface area contributed by atoms with Crippen molar-refractivity contribution in [3.63, 3.8) is 0 Å². The summed E-state index contributed by atoms with van der Waals surface area (Å²) in [5.41, 5.74) is 0.595. The molecule has 2 aromatic rings. The van der Waals surface area contributed by atoms with Crippen LogP contribution in [0.2, 0.25) is 10.0 Å². The highest BCUT2D eigenvalue weighted by Gasteiger charge is 2.12. The smallest absolute Gasteiger partial charge is 0.354 e. The molecule has 0 amide bonds. The Bertz CT molecular complexity index is 710. The summed E-state index contributed by atoms with van der Waals surface area (Å²) in [6.45, 7) is 1.93. The van der Waals surface area contributed by atoms with Crippen molar-refractivity contribution in [2.75, 3.05) is 6.61 Å². The molecule has 6 heteroatoms. The van der Waals surface area contributed by atoms with Crippen molar-refractivity contribution in [2.24, 2.45) is 0 Å². The van der Waals surface area contributed by atoms with Crippen LogP contribution in [0.5, 0.6) is 0 Å². The van der Waals surface area contributed by atoms with Gasteiger partial charge < -0.3 is 9.72 Å². The second-order valence-corrected chi connectivity index (χ2v) is 4.80. The van der Waals surface area contributed by atoms with Gasteiger partial charge >= 0.3 is 5.97 Å². The molecule has 1 aromatic heterocycles. The number of nitrogens with one attached hydrogen (secondary N) is 1. The fourth-order valence-corrected chi connectivity index (χ4v) is 2.23. The molecule has 0 atom stereocenters. The minimum atomic E-state index is -0.571. The molecule has 2 rings (SSSR count). The first kappa shape index (κ1) is 14.6. The third kappa shape index (κ3) is 3.03. The summed E-state index contributed by atoms with van der Waals surface area (Å²) in [6.07, 6.45) is 0. The van der Waals surface area contributed by atoms with Crippen LogP contribution in [0.15, 0.2) is 35.1 Å². The van der Waals surface area contributed by atoms with Crippen molar-refractivity contribution < 1.29 is 9.53 Å². The molecule has 1 aromatic carbocycles. The summed E-state index contributed by atoms with van der Waals surface area (Å²) in [5, 5.41) is 0.852. The lowest BCUT2D eigenvalue weighted by Gasteiger charge is -2.06. The lowest BCUT2D eigenvalue weighted by molar-refractivity contribution is 0.0519. The lowest BCUT2D eigenvalue weighted by atomic mass is 10.1. The van der Waals surface area contributed by atoms with Crippen LogP contribution in [-0.2, 0) is 4.74 Å². The first-order valence-corrected chi connectivity index (χ1v) is 6.64. The molecule has 1 N–H and O–H groups in total. The Morgan fingerprint density at radius 2 is 1.90 bits per heavy atom. The number of ether oxygens (including phenoxy) is 1. The molecule has 4 nitrogen and oxygen atoms in total. The van der Waals surface area contributed by atoms with E-state index < -0.39 is 11.5 Å². The summed E-state index contributed by atoms with van der Waals surface area (Å²) >= 11 is 11.9. The number of H-pyrrole nitrogens is 1. The van der Waals surface area contributed by atoms with E-state index in [9.17, 15) is 9.59 Å². The topological polar surface area (TPSA) is 59.2 Å². The standard InChI is InChI=1S/C14H11Cl2NO3/c1-2-20-14(19)12-6-5-10(13(18)17-12)9-4-3-8(15)7-11(9)16/h3-7H,2H2,1H3,(H,17,18). The molecular weight excluding hydrogens is 301 g/mol. The molecule has 104 valence electrons. The zero-order valence-electron chi connectivity index (χ0n) is 10.6. The summed E-state index contributed by atoms with van der Waals surface area (Å²) < 4.78 is 4.82. The van der Waals surface area contributed by atoms with Gasteiger partial charge in [-0.3, -0.25) is 4.79 Å². The number of aromatic nitrogens is 1. The first-order chi connectivity index (χ1) is 9.52. The summed E-state index contributed by atoms with van der Waals surface area (Å²) in [4.78, 5) is 26.0. The molecule has 0 fully saturated rings. The third-order valence-corrected chi connectivity index (χ3v) is 3.17. The van der Waals surface area contributed by atoms with Crippen LogP contribution in [0, 0.1) is 0 Å². The average molecular weight is 312 g/mol. The minimum absolute atomic E-state index is 0.102. The van der Waals surface area contributed by atoms with Gasteiger partial charge in [0.05, 0.1) is 11.6 Å². The fraction of sp³-hybridized carbons (Fsp3) is 0.143. The Kier molecular flexibility index (Phi) is 4.47. The predicted octanol–water partition coefficient (Wildman–Crippen LogP) is 3.53. The van der Waals surface area contributed by atoms with Crippen LogP contribution in [0.3, 0.4) is 0 Å². The van der Waals surface area contributed by atoms with Crippen molar-refractivity contribution in [1.29, 1.82) is 0 Å². The van der Waals surface area contributed by atoms with Gasteiger partial charge in [-0.25, -0.2) is 4.79 Å². The van der Waals surface area contributed by atoms with Gasteiger partial charge in [0.2, 0.25) is 0 Å². The largest absolute Gasteiger partial charge is 0.461 e. The van der Waals surface area contributed by atoms with E-state index in [-0.39, 0.29) is 12.3 Å². The van der Waals surface area contributed by atoms with Crippen LogP contribution in [0.25, 0.3) is 11.1 Å². The normalized spacial score (nSPS) is 10.3. The van der Waals surface area contributed by atoms with Gasteiger partial charge in [0.25, 0.3) is 5.56 Å². The van der Waals surface area contributed by atoms with Gasteiger partial charge in [0.1, 0.15) is 5.69 Å². The van der Waals surface area contributed by atoms with E-state index in [2.05, 4.69) is 4.98 Å². The molecule has 0 saturated heterocycles. The molecule has 1 heterocycles. The average Bonchev–Trinajstić information content (AvgIpc) is 2.40. The van der Waals surface area contributed by atoms with Crippen molar-refractivity contribution in [3.05, 3.63) is 56.4 Å².